The molecule has 2 amide bonds. The third-order valence-corrected chi connectivity index (χ3v) is 8.68. The van der Waals surface area contributed by atoms with Crippen LogP contribution in [0.3, 0.4) is 0 Å². The standard InChI is InChI=1S/C39H48N6O20/c46-29(47)14-42(15-30(48)49)10-22-4-23(11-43(16-31(50)51)17-32(52)53)7-26(6-22)37(62)40-3-1-2-28(39(64)65)41-38(63)27-8-24(12-44(18-33(54)55)19-34(56)57)5-25(9-27)13-45(20-35(58)59)21-36(60)61/h4-9,28H,1-3,10-21H2,(H,40,62)(H,41,63)(H,46,47)(H,48,49)(H,50,51)(H,52,53)(H,54,55)(H,56,57)(H,58,59)(H,60,61)(H,64,65)/t28-/m0/s1. The molecule has 0 heterocycles. The molecule has 11 N–H and O–H groups in total. The summed E-state index contributed by atoms with van der Waals surface area (Å²) in [6.07, 6.45) is -0.386. The van der Waals surface area contributed by atoms with Crippen molar-refractivity contribution in [3.63, 3.8) is 0 Å². The molecule has 0 saturated heterocycles. The van der Waals surface area contributed by atoms with Gasteiger partial charge in [0, 0.05) is 43.9 Å². The van der Waals surface area contributed by atoms with Gasteiger partial charge in [-0.05, 0) is 59.4 Å². The molecule has 2 aromatic carbocycles. The summed E-state index contributed by atoms with van der Waals surface area (Å²) in [5.41, 5.74) is 0.345. The highest BCUT2D eigenvalue weighted by molar-refractivity contribution is 5.97. The van der Waals surface area contributed by atoms with Crippen LogP contribution in [0.15, 0.2) is 36.4 Å². The lowest BCUT2D eigenvalue weighted by Crippen LogP contribution is -2.41. The lowest BCUT2D eigenvalue weighted by Gasteiger charge is -2.22. The average molecular weight is 921 g/mol. The van der Waals surface area contributed by atoms with E-state index in [2.05, 4.69) is 10.6 Å². The van der Waals surface area contributed by atoms with Crippen LogP contribution in [0.4, 0.5) is 0 Å². The highest BCUT2D eigenvalue weighted by atomic mass is 16.4. The highest BCUT2D eigenvalue weighted by Crippen LogP contribution is 2.18. The summed E-state index contributed by atoms with van der Waals surface area (Å²) < 4.78 is 0. The molecule has 0 aliphatic rings. The van der Waals surface area contributed by atoms with E-state index in [1.807, 2.05) is 0 Å². The zero-order valence-corrected chi connectivity index (χ0v) is 34.5. The van der Waals surface area contributed by atoms with Crippen LogP contribution in [0.25, 0.3) is 0 Å². The number of nitrogens with zero attached hydrogens (tertiary/aromatic N) is 4. The van der Waals surface area contributed by atoms with Gasteiger partial charge in [-0.1, -0.05) is 12.1 Å². The van der Waals surface area contributed by atoms with Gasteiger partial charge in [-0.25, -0.2) is 4.79 Å². The zero-order chi connectivity index (χ0) is 49.0. The lowest BCUT2D eigenvalue weighted by molar-refractivity contribution is -0.144. The maximum Gasteiger partial charge on any atom is 0.326 e. The maximum absolute atomic E-state index is 13.5. The fourth-order valence-electron chi connectivity index (χ4n) is 6.50. The molecule has 0 aromatic heterocycles. The number of amides is 2. The summed E-state index contributed by atoms with van der Waals surface area (Å²) >= 11 is 0. The Bertz CT molecular complexity index is 1950. The number of carboxylic acids is 9. The minimum Gasteiger partial charge on any atom is -0.480 e. The number of aliphatic carboxylic acids is 9. The Morgan fingerprint density at radius 3 is 0.908 bits per heavy atom. The molecule has 0 spiro atoms. The van der Waals surface area contributed by atoms with E-state index < -0.39 is 124 Å². The van der Waals surface area contributed by atoms with Crippen molar-refractivity contribution in [2.45, 2.75) is 45.1 Å². The van der Waals surface area contributed by atoms with Gasteiger partial charge in [0.1, 0.15) is 6.04 Å². The molecule has 354 valence electrons. The second-order valence-electron chi connectivity index (χ2n) is 14.6. The van der Waals surface area contributed by atoms with Crippen LogP contribution < -0.4 is 10.6 Å². The van der Waals surface area contributed by atoms with Crippen molar-refractivity contribution in [3.8, 4) is 0 Å². The predicted octanol–water partition coefficient (Wildman–Crippen LogP) is -2.04. The first-order valence-electron chi connectivity index (χ1n) is 19.1. The Balaban J connectivity index is 2.37. The molecular formula is C39H48N6O20. The number of nitrogens with one attached hydrogen (secondary N) is 2. The summed E-state index contributed by atoms with van der Waals surface area (Å²) in [7, 11) is 0. The summed E-state index contributed by atoms with van der Waals surface area (Å²) in [6.45, 7) is -7.44. The first-order chi connectivity index (χ1) is 30.4. The van der Waals surface area contributed by atoms with E-state index in [1.165, 1.54) is 36.4 Å². The zero-order valence-electron chi connectivity index (χ0n) is 34.5. The second kappa shape index (κ2) is 26.2. The first-order valence-corrected chi connectivity index (χ1v) is 19.1. The monoisotopic (exact) mass is 920 g/mol. The van der Waals surface area contributed by atoms with E-state index in [0.717, 1.165) is 19.6 Å². The Kier molecular flexibility index (Phi) is 21.6. The van der Waals surface area contributed by atoms with Crippen LogP contribution in [0.5, 0.6) is 0 Å². The van der Waals surface area contributed by atoms with Gasteiger partial charge in [0.05, 0.1) is 52.4 Å². The Morgan fingerprint density at radius 1 is 0.400 bits per heavy atom. The van der Waals surface area contributed by atoms with Crippen LogP contribution in [0.1, 0.15) is 55.8 Å². The number of hydrogen-bond donors (Lipinski definition) is 11. The van der Waals surface area contributed by atoms with Crippen LogP contribution in [-0.4, -0.2) is 196 Å². The Hall–Kier alpha value is -7.55. The smallest absolute Gasteiger partial charge is 0.326 e. The topological polar surface area (TPSA) is 407 Å². The van der Waals surface area contributed by atoms with Crippen LogP contribution >= 0.6 is 0 Å². The SMILES string of the molecule is O=C(O)CN(CC(=O)O)Cc1cc(CN(CC(=O)O)CC(=O)O)cc(C(=O)NCCC[C@H](NC(=O)c2cc(CN(CC(=O)O)CC(=O)O)cc(CN(CC(=O)O)CC(=O)O)c2)C(=O)O)c1. The average Bonchev–Trinajstić information content (AvgIpc) is 3.13. The van der Waals surface area contributed by atoms with Gasteiger partial charge >= 0.3 is 53.7 Å². The molecule has 1 atom stereocenters. The molecule has 0 saturated carbocycles. The Morgan fingerprint density at radius 2 is 0.662 bits per heavy atom. The second-order valence-corrected chi connectivity index (χ2v) is 14.6. The van der Waals surface area contributed by atoms with Gasteiger partial charge in [-0.2, -0.15) is 0 Å². The van der Waals surface area contributed by atoms with Crippen molar-refractivity contribution in [3.05, 3.63) is 69.8 Å². The number of benzene rings is 2. The molecule has 0 radical (unpaired) electrons. The van der Waals surface area contributed by atoms with E-state index in [4.69, 9.17) is 0 Å². The van der Waals surface area contributed by atoms with Gasteiger partial charge in [0.2, 0.25) is 0 Å². The summed E-state index contributed by atoms with van der Waals surface area (Å²) in [4.78, 5) is 135. The van der Waals surface area contributed by atoms with Gasteiger partial charge < -0.3 is 56.6 Å². The van der Waals surface area contributed by atoms with Gasteiger partial charge in [-0.15, -0.1) is 0 Å². The van der Waals surface area contributed by atoms with E-state index in [9.17, 15) is 98.7 Å². The number of rotatable bonds is 32. The number of carbonyl (C=O) groups excluding carboxylic acids is 2. The van der Waals surface area contributed by atoms with Crippen LogP contribution in [0, 0.1) is 0 Å². The van der Waals surface area contributed by atoms with E-state index in [-0.39, 0.29) is 78.9 Å². The minimum absolute atomic E-state index is 0.0878. The van der Waals surface area contributed by atoms with Gasteiger partial charge in [0.15, 0.2) is 0 Å². The van der Waals surface area contributed by atoms with Crippen molar-refractivity contribution in [1.29, 1.82) is 0 Å². The molecule has 65 heavy (non-hydrogen) atoms. The minimum atomic E-state index is -1.60. The molecule has 0 fully saturated rings. The third kappa shape index (κ3) is 21.9. The Labute approximate surface area is 367 Å². The molecule has 0 bridgehead atoms. The number of carbonyl (C=O) groups is 11. The number of hydrogen-bond acceptors (Lipinski definition) is 15. The van der Waals surface area contributed by atoms with E-state index in [1.54, 1.807) is 0 Å². The van der Waals surface area contributed by atoms with Crippen LogP contribution in [-0.2, 0) is 69.3 Å². The van der Waals surface area contributed by atoms with Gasteiger partial charge in [0.25, 0.3) is 11.8 Å². The first kappa shape index (κ1) is 53.6. The van der Waals surface area contributed by atoms with Crippen molar-refractivity contribution in [1.82, 2.24) is 30.2 Å². The predicted molar refractivity (Wildman–Crippen MR) is 216 cm³/mol. The van der Waals surface area contributed by atoms with E-state index >= 15 is 0 Å². The molecule has 2 aromatic rings. The molecule has 26 nitrogen and oxygen atoms in total. The fourth-order valence-corrected chi connectivity index (χ4v) is 6.50. The van der Waals surface area contributed by atoms with Crippen LogP contribution in [0.2, 0.25) is 0 Å². The largest absolute Gasteiger partial charge is 0.480 e. The summed E-state index contributed by atoms with van der Waals surface area (Å²) in [5, 5.41) is 89.2. The summed E-state index contributed by atoms with van der Waals surface area (Å²) in [5.74, 6) is -14.3. The molecule has 26 heteroatoms. The van der Waals surface area contributed by atoms with Crippen molar-refractivity contribution in [2.24, 2.45) is 0 Å². The van der Waals surface area contributed by atoms with Crippen molar-refractivity contribution >= 4 is 65.5 Å². The van der Waals surface area contributed by atoms with Crippen molar-refractivity contribution < 1.29 is 98.7 Å². The molecular weight excluding hydrogens is 872 g/mol. The molecule has 2 rings (SSSR count). The quantitative estimate of drug-likeness (QED) is 0.0352. The molecule has 0 aliphatic heterocycles. The number of carboxylic acid groups (broad SMARTS) is 9. The highest BCUT2D eigenvalue weighted by Gasteiger charge is 2.24. The van der Waals surface area contributed by atoms with E-state index in [0.29, 0.717) is 0 Å². The fraction of sp³-hybridized carbons (Fsp3) is 0.410. The third-order valence-electron chi connectivity index (χ3n) is 8.68. The van der Waals surface area contributed by atoms with Gasteiger partial charge in [-0.3, -0.25) is 67.5 Å². The lowest BCUT2D eigenvalue weighted by atomic mass is 10.0. The van der Waals surface area contributed by atoms with Crippen molar-refractivity contribution in [2.75, 3.05) is 58.9 Å². The normalized spacial score (nSPS) is 11.6. The maximum atomic E-state index is 13.5. The molecule has 0 aliphatic carbocycles. The summed E-state index contributed by atoms with van der Waals surface area (Å²) in [6, 6.07) is 6.18. The molecule has 0 unspecified atom stereocenters.